The third kappa shape index (κ3) is 7.94. The summed E-state index contributed by atoms with van der Waals surface area (Å²) in [6.07, 6.45) is 2.50. The van der Waals surface area contributed by atoms with E-state index in [9.17, 15) is 0 Å². The first kappa shape index (κ1) is 11.8. The van der Waals surface area contributed by atoms with Crippen molar-refractivity contribution in [1.29, 1.82) is 0 Å². The van der Waals surface area contributed by atoms with Gasteiger partial charge in [-0.15, -0.1) is 0 Å². The molecule has 0 bridgehead atoms. The smallest absolute Gasteiger partial charge is 0.0786 e. The summed E-state index contributed by atoms with van der Waals surface area (Å²) in [4.78, 5) is 0. The molecule has 4 nitrogen and oxygen atoms in total. The van der Waals surface area contributed by atoms with Gasteiger partial charge in [-0.2, -0.15) is 0 Å². The molecule has 0 aromatic heterocycles. The lowest BCUT2D eigenvalue weighted by molar-refractivity contribution is 0.179. The highest BCUT2D eigenvalue weighted by atomic mass is 16.3. The van der Waals surface area contributed by atoms with Crippen LogP contribution in [-0.2, 0) is 0 Å². The fourth-order valence-corrected chi connectivity index (χ4v) is 0.891. The number of hydrogen-bond donors (Lipinski definition) is 4. The van der Waals surface area contributed by atoms with Crippen molar-refractivity contribution in [3.05, 3.63) is 0 Å². The molecule has 1 unspecified atom stereocenters. The van der Waals surface area contributed by atoms with Gasteiger partial charge in [0.25, 0.3) is 0 Å². The maximum absolute atomic E-state index is 9.03. The topological polar surface area (TPSA) is 78.5 Å². The first-order chi connectivity index (χ1) is 5.81. The summed E-state index contributed by atoms with van der Waals surface area (Å²) in [7, 11) is 0. The summed E-state index contributed by atoms with van der Waals surface area (Å²) in [5.41, 5.74) is 5.21. The fraction of sp³-hybridized carbons (Fsp3) is 1.00. The summed E-state index contributed by atoms with van der Waals surface area (Å²) in [6.45, 7) is 2.03. The first-order valence-electron chi connectivity index (χ1n) is 4.51. The number of rotatable bonds is 8. The van der Waals surface area contributed by atoms with Gasteiger partial charge in [-0.25, -0.2) is 0 Å². The van der Waals surface area contributed by atoms with Gasteiger partial charge in [-0.1, -0.05) is 0 Å². The number of aliphatic hydroxyl groups excluding tert-OH is 2. The number of nitrogens with two attached hydrogens (primary N) is 1. The van der Waals surface area contributed by atoms with Crippen molar-refractivity contribution >= 4 is 0 Å². The van der Waals surface area contributed by atoms with Crippen LogP contribution in [-0.4, -0.2) is 42.6 Å². The molecule has 0 fully saturated rings. The van der Waals surface area contributed by atoms with Gasteiger partial charge in [0.2, 0.25) is 0 Å². The minimum absolute atomic E-state index is 0.269. The van der Waals surface area contributed by atoms with E-state index in [-0.39, 0.29) is 6.61 Å². The quantitative estimate of drug-likeness (QED) is 0.360. The molecule has 0 radical (unpaired) electrons. The van der Waals surface area contributed by atoms with E-state index in [2.05, 4.69) is 5.32 Å². The van der Waals surface area contributed by atoms with Gasteiger partial charge in [-0.3, -0.25) is 0 Å². The van der Waals surface area contributed by atoms with Crippen LogP contribution in [0.2, 0.25) is 0 Å². The summed E-state index contributed by atoms with van der Waals surface area (Å²) >= 11 is 0. The zero-order chi connectivity index (χ0) is 9.23. The Hall–Kier alpha value is -0.160. The third-order valence-corrected chi connectivity index (χ3v) is 1.66. The normalized spacial score (nSPS) is 13.2. The first-order valence-corrected chi connectivity index (χ1v) is 4.51. The van der Waals surface area contributed by atoms with E-state index in [1.54, 1.807) is 0 Å². The average molecular weight is 176 g/mol. The van der Waals surface area contributed by atoms with Gasteiger partial charge in [-0.05, 0) is 25.8 Å². The predicted molar refractivity (Wildman–Crippen MR) is 48.9 cm³/mol. The van der Waals surface area contributed by atoms with Crippen molar-refractivity contribution < 1.29 is 10.2 Å². The zero-order valence-electron chi connectivity index (χ0n) is 7.50. The molecule has 0 aliphatic heterocycles. The predicted octanol–water partition coefficient (Wildman–Crippen LogP) is -0.942. The zero-order valence-corrected chi connectivity index (χ0v) is 7.50. The summed E-state index contributed by atoms with van der Waals surface area (Å²) < 4.78 is 0. The molecule has 1 atom stereocenters. The SMILES string of the molecule is NCC(O)CNCCCCCO. The van der Waals surface area contributed by atoms with Gasteiger partial charge in [0.1, 0.15) is 0 Å². The lowest BCUT2D eigenvalue weighted by Gasteiger charge is -2.08. The largest absolute Gasteiger partial charge is 0.396 e. The maximum Gasteiger partial charge on any atom is 0.0786 e. The third-order valence-electron chi connectivity index (χ3n) is 1.66. The molecule has 0 aliphatic rings. The van der Waals surface area contributed by atoms with E-state index in [1.807, 2.05) is 0 Å². The molecule has 0 heterocycles. The van der Waals surface area contributed by atoms with Crippen molar-refractivity contribution in [3.8, 4) is 0 Å². The number of unbranched alkanes of at least 4 members (excludes halogenated alkanes) is 2. The fourth-order valence-electron chi connectivity index (χ4n) is 0.891. The van der Waals surface area contributed by atoms with Crippen molar-refractivity contribution in [2.75, 3.05) is 26.2 Å². The Morgan fingerprint density at radius 3 is 2.58 bits per heavy atom. The van der Waals surface area contributed by atoms with Gasteiger partial charge in [0.05, 0.1) is 6.10 Å². The molecule has 0 aromatic carbocycles. The van der Waals surface area contributed by atoms with Gasteiger partial charge >= 0.3 is 0 Å². The Morgan fingerprint density at radius 1 is 1.25 bits per heavy atom. The summed E-state index contributed by atoms with van der Waals surface area (Å²) in [6, 6.07) is 0. The standard InChI is InChI=1S/C8H20N2O2/c9-6-8(12)7-10-4-2-1-3-5-11/h8,10-12H,1-7,9H2. The Morgan fingerprint density at radius 2 is 2.00 bits per heavy atom. The Balaban J connectivity index is 2.90. The van der Waals surface area contributed by atoms with Gasteiger partial charge < -0.3 is 21.3 Å². The van der Waals surface area contributed by atoms with E-state index in [4.69, 9.17) is 15.9 Å². The highest BCUT2D eigenvalue weighted by molar-refractivity contribution is 4.59. The minimum atomic E-state index is -0.428. The molecule has 0 saturated heterocycles. The van der Waals surface area contributed by atoms with Crippen molar-refractivity contribution in [3.63, 3.8) is 0 Å². The van der Waals surface area contributed by atoms with Crippen LogP contribution in [0.5, 0.6) is 0 Å². The van der Waals surface area contributed by atoms with Crippen molar-refractivity contribution in [2.24, 2.45) is 5.73 Å². The number of aliphatic hydroxyl groups is 2. The maximum atomic E-state index is 9.03. The monoisotopic (exact) mass is 176 g/mol. The Bertz CT molecular complexity index is 91.1. The molecule has 0 rings (SSSR count). The van der Waals surface area contributed by atoms with Crippen LogP contribution in [0.3, 0.4) is 0 Å². The molecule has 0 amide bonds. The number of nitrogens with one attached hydrogen (secondary N) is 1. The van der Waals surface area contributed by atoms with E-state index in [0.717, 1.165) is 25.8 Å². The second-order valence-electron chi connectivity index (χ2n) is 2.88. The molecule has 74 valence electrons. The Labute approximate surface area is 73.8 Å². The highest BCUT2D eigenvalue weighted by Gasteiger charge is 1.98. The molecule has 0 aliphatic carbocycles. The van der Waals surface area contributed by atoms with Gasteiger partial charge in [0.15, 0.2) is 0 Å². The van der Waals surface area contributed by atoms with Gasteiger partial charge in [0, 0.05) is 19.7 Å². The van der Waals surface area contributed by atoms with Crippen LogP contribution in [0.25, 0.3) is 0 Å². The summed E-state index contributed by atoms with van der Waals surface area (Å²) in [5, 5.41) is 20.6. The second kappa shape index (κ2) is 8.93. The molecule has 4 heteroatoms. The van der Waals surface area contributed by atoms with Crippen LogP contribution in [0, 0.1) is 0 Å². The minimum Gasteiger partial charge on any atom is -0.396 e. The Kier molecular flexibility index (Phi) is 8.81. The average Bonchev–Trinajstić information content (AvgIpc) is 2.10. The summed E-state index contributed by atoms with van der Waals surface area (Å²) in [5.74, 6) is 0. The molecule has 12 heavy (non-hydrogen) atoms. The van der Waals surface area contributed by atoms with Crippen molar-refractivity contribution in [2.45, 2.75) is 25.4 Å². The van der Waals surface area contributed by atoms with Crippen LogP contribution >= 0.6 is 0 Å². The van der Waals surface area contributed by atoms with E-state index in [0.29, 0.717) is 13.1 Å². The highest BCUT2D eigenvalue weighted by Crippen LogP contribution is 1.91. The van der Waals surface area contributed by atoms with Crippen LogP contribution < -0.4 is 11.1 Å². The second-order valence-corrected chi connectivity index (χ2v) is 2.88. The van der Waals surface area contributed by atoms with E-state index < -0.39 is 6.10 Å². The van der Waals surface area contributed by atoms with E-state index in [1.165, 1.54) is 0 Å². The molecule has 0 spiro atoms. The van der Waals surface area contributed by atoms with Crippen LogP contribution in [0.4, 0.5) is 0 Å². The molecular weight excluding hydrogens is 156 g/mol. The number of hydrogen-bond acceptors (Lipinski definition) is 4. The van der Waals surface area contributed by atoms with Crippen molar-refractivity contribution in [1.82, 2.24) is 5.32 Å². The lowest BCUT2D eigenvalue weighted by atomic mass is 10.2. The lowest BCUT2D eigenvalue weighted by Crippen LogP contribution is -2.33. The van der Waals surface area contributed by atoms with Crippen LogP contribution in [0.15, 0.2) is 0 Å². The molecular formula is C8H20N2O2. The van der Waals surface area contributed by atoms with Crippen LogP contribution in [0.1, 0.15) is 19.3 Å². The molecule has 0 aromatic rings. The van der Waals surface area contributed by atoms with E-state index >= 15 is 0 Å². The molecule has 0 saturated carbocycles. The molecule has 5 N–H and O–H groups in total.